The Morgan fingerprint density at radius 3 is 2.29 bits per heavy atom. The number of carbonyl (C=O) groups excluding carboxylic acids is 1. The molecular weight excluding hydrogens is 260 g/mol. The molecule has 1 aliphatic rings. The van der Waals surface area contributed by atoms with Gasteiger partial charge in [-0.25, -0.2) is 0 Å². The highest BCUT2D eigenvalue weighted by Crippen LogP contribution is 2.34. The van der Waals surface area contributed by atoms with Crippen LogP contribution in [-0.2, 0) is 17.8 Å². The summed E-state index contributed by atoms with van der Waals surface area (Å²) in [5, 5.41) is 0. The topological polar surface area (TPSA) is 23.6 Å². The van der Waals surface area contributed by atoms with Crippen molar-refractivity contribution in [2.75, 3.05) is 20.6 Å². The lowest BCUT2D eigenvalue weighted by molar-refractivity contribution is -0.131. The van der Waals surface area contributed by atoms with Crippen LogP contribution >= 0.6 is 0 Å². The van der Waals surface area contributed by atoms with Crippen molar-refractivity contribution in [3.8, 4) is 0 Å². The van der Waals surface area contributed by atoms with Crippen LogP contribution in [0.3, 0.4) is 0 Å². The maximum Gasteiger partial charge on any atom is 0.236 e. The molecule has 0 spiro atoms. The van der Waals surface area contributed by atoms with E-state index in [4.69, 9.17) is 0 Å². The summed E-state index contributed by atoms with van der Waals surface area (Å²) in [6.45, 7) is 5.59. The summed E-state index contributed by atoms with van der Waals surface area (Å²) in [5.74, 6) is 0.999. The molecule has 0 radical (unpaired) electrons. The molecule has 2 rings (SSSR count). The van der Waals surface area contributed by atoms with Crippen molar-refractivity contribution in [3.63, 3.8) is 0 Å². The predicted octanol–water partition coefficient (Wildman–Crippen LogP) is 2.94. The number of carbonyl (C=O) groups is 1. The van der Waals surface area contributed by atoms with Crippen LogP contribution < -0.4 is 0 Å². The van der Waals surface area contributed by atoms with Gasteiger partial charge in [-0.3, -0.25) is 9.69 Å². The zero-order valence-corrected chi connectivity index (χ0v) is 13.8. The van der Waals surface area contributed by atoms with Crippen LogP contribution in [0.1, 0.15) is 37.8 Å². The van der Waals surface area contributed by atoms with Crippen LogP contribution in [0.25, 0.3) is 0 Å². The Hall–Kier alpha value is -1.35. The molecule has 0 bridgehead atoms. The number of rotatable bonds is 7. The highest BCUT2D eigenvalue weighted by Gasteiger charge is 2.31. The van der Waals surface area contributed by atoms with Crippen LogP contribution in [-0.4, -0.2) is 42.4 Å². The lowest BCUT2D eigenvalue weighted by atomic mass is 10.1. The smallest absolute Gasteiger partial charge is 0.236 e. The van der Waals surface area contributed by atoms with Gasteiger partial charge in [-0.1, -0.05) is 31.2 Å². The Labute approximate surface area is 128 Å². The molecule has 0 saturated heterocycles. The monoisotopic (exact) mass is 288 g/mol. The number of benzene rings is 1. The summed E-state index contributed by atoms with van der Waals surface area (Å²) in [7, 11) is 3.95. The first-order chi connectivity index (χ1) is 10.0. The Bertz CT molecular complexity index is 465. The summed E-state index contributed by atoms with van der Waals surface area (Å²) in [6.07, 6.45) is 3.69. The second-order valence-corrected chi connectivity index (χ2v) is 6.41. The van der Waals surface area contributed by atoms with Crippen LogP contribution in [0.15, 0.2) is 24.3 Å². The molecule has 3 nitrogen and oxygen atoms in total. The quantitative estimate of drug-likeness (QED) is 0.770. The Balaban J connectivity index is 1.83. The van der Waals surface area contributed by atoms with Gasteiger partial charge in [0.15, 0.2) is 0 Å². The number of hydrogen-bond acceptors (Lipinski definition) is 2. The fourth-order valence-corrected chi connectivity index (χ4v) is 2.66. The molecule has 1 saturated carbocycles. The fraction of sp³-hybridized carbons (Fsp3) is 0.611. The van der Waals surface area contributed by atoms with Gasteiger partial charge in [0.2, 0.25) is 5.91 Å². The molecule has 1 aliphatic carbocycles. The maximum absolute atomic E-state index is 12.3. The van der Waals surface area contributed by atoms with Gasteiger partial charge in [-0.05, 0) is 50.3 Å². The van der Waals surface area contributed by atoms with Gasteiger partial charge >= 0.3 is 0 Å². The van der Waals surface area contributed by atoms with Crippen LogP contribution in [0.4, 0.5) is 0 Å². The lowest BCUT2D eigenvalue weighted by Crippen LogP contribution is -2.40. The van der Waals surface area contributed by atoms with Gasteiger partial charge < -0.3 is 4.90 Å². The summed E-state index contributed by atoms with van der Waals surface area (Å²) < 4.78 is 0. The third-order valence-corrected chi connectivity index (χ3v) is 4.66. The van der Waals surface area contributed by atoms with Gasteiger partial charge in [0, 0.05) is 19.6 Å². The molecule has 0 heterocycles. The first kappa shape index (κ1) is 16.0. The molecule has 1 fully saturated rings. The number of amides is 1. The van der Waals surface area contributed by atoms with Crippen molar-refractivity contribution in [2.24, 2.45) is 5.92 Å². The molecule has 0 aromatic heterocycles. The van der Waals surface area contributed by atoms with E-state index in [2.05, 4.69) is 50.1 Å². The molecule has 21 heavy (non-hydrogen) atoms. The molecule has 1 unspecified atom stereocenters. The van der Waals surface area contributed by atoms with Crippen molar-refractivity contribution in [1.29, 1.82) is 0 Å². The zero-order valence-electron chi connectivity index (χ0n) is 13.8. The molecule has 1 atom stereocenters. The SMILES string of the molecule is CCc1ccc(CN(C)C(=O)CN(C)C(C)C2CC2)cc1. The zero-order chi connectivity index (χ0) is 15.4. The molecular formula is C18H28N2O. The van der Waals surface area contributed by atoms with Crippen molar-refractivity contribution in [3.05, 3.63) is 35.4 Å². The number of nitrogens with zero attached hydrogens (tertiary/aromatic N) is 2. The van der Waals surface area contributed by atoms with E-state index in [9.17, 15) is 4.79 Å². The van der Waals surface area contributed by atoms with Crippen LogP contribution in [0, 0.1) is 5.92 Å². The van der Waals surface area contributed by atoms with Gasteiger partial charge in [0.25, 0.3) is 0 Å². The fourth-order valence-electron chi connectivity index (χ4n) is 2.66. The second kappa shape index (κ2) is 7.08. The summed E-state index contributed by atoms with van der Waals surface area (Å²) >= 11 is 0. The minimum absolute atomic E-state index is 0.199. The summed E-state index contributed by atoms with van der Waals surface area (Å²) in [6, 6.07) is 9.06. The first-order valence-corrected chi connectivity index (χ1v) is 8.03. The Morgan fingerprint density at radius 2 is 1.76 bits per heavy atom. The average molecular weight is 288 g/mol. The third kappa shape index (κ3) is 4.57. The van der Waals surface area contributed by atoms with Crippen LogP contribution in [0.5, 0.6) is 0 Å². The highest BCUT2D eigenvalue weighted by atomic mass is 16.2. The minimum Gasteiger partial charge on any atom is -0.340 e. The first-order valence-electron chi connectivity index (χ1n) is 8.03. The number of aryl methyl sites for hydroxylation is 1. The van der Waals surface area contributed by atoms with Crippen molar-refractivity contribution in [1.82, 2.24) is 9.80 Å². The van der Waals surface area contributed by atoms with E-state index in [1.807, 2.05) is 11.9 Å². The molecule has 116 valence electrons. The summed E-state index contributed by atoms with van der Waals surface area (Å²) in [4.78, 5) is 16.3. The van der Waals surface area contributed by atoms with Gasteiger partial charge in [0.1, 0.15) is 0 Å². The molecule has 3 heteroatoms. The van der Waals surface area contributed by atoms with E-state index in [0.29, 0.717) is 19.1 Å². The largest absolute Gasteiger partial charge is 0.340 e. The van der Waals surface area contributed by atoms with E-state index in [1.54, 1.807) is 0 Å². The molecule has 1 aromatic rings. The minimum atomic E-state index is 0.199. The summed E-state index contributed by atoms with van der Waals surface area (Å²) in [5.41, 5.74) is 2.53. The molecule has 1 amide bonds. The van der Waals surface area contributed by atoms with Gasteiger partial charge in [-0.2, -0.15) is 0 Å². The van der Waals surface area contributed by atoms with E-state index in [0.717, 1.165) is 12.3 Å². The van der Waals surface area contributed by atoms with Crippen molar-refractivity contribution >= 4 is 5.91 Å². The van der Waals surface area contributed by atoms with E-state index >= 15 is 0 Å². The van der Waals surface area contributed by atoms with Gasteiger partial charge in [-0.15, -0.1) is 0 Å². The molecule has 0 N–H and O–H groups in total. The Kier molecular flexibility index (Phi) is 5.40. The predicted molar refractivity (Wildman–Crippen MR) is 87.1 cm³/mol. The second-order valence-electron chi connectivity index (χ2n) is 6.41. The molecule has 0 aliphatic heterocycles. The number of likely N-dealkylation sites (N-methyl/N-ethyl adjacent to an activating group) is 2. The van der Waals surface area contributed by atoms with Crippen LogP contribution in [0.2, 0.25) is 0 Å². The maximum atomic E-state index is 12.3. The molecule has 1 aromatic carbocycles. The van der Waals surface area contributed by atoms with E-state index < -0.39 is 0 Å². The standard InChI is InChI=1S/C18H28N2O/c1-5-15-6-8-16(9-7-15)12-20(4)18(21)13-19(3)14(2)17-10-11-17/h6-9,14,17H,5,10-13H2,1-4H3. The average Bonchev–Trinajstić information content (AvgIpc) is 3.31. The lowest BCUT2D eigenvalue weighted by Gasteiger charge is -2.26. The van der Waals surface area contributed by atoms with E-state index in [-0.39, 0.29) is 5.91 Å². The van der Waals surface area contributed by atoms with Gasteiger partial charge in [0.05, 0.1) is 6.54 Å². The van der Waals surface area contributed by atoms with Crippen molar-refractivity contribution in [2.45, 2.75) is 45.7 Å². The third-order valence-electron chi connectivity index (χ3n) is 4.66. The highest BCUT2D eigenvalue weighted by molar-refractivity contribution is 5.78. The van der Waals surface area contributed by atoms with Crippen molar-refractivity contribution < 1.29 is 4.79 Å². The van der Waals surface area contributed by atoms with E-state index in [1.165, 1.54) is 24.0 Å². The number of hydrogen-bond donors (Lipinski definition) is 0. The normalized spacial score (nSPS) is 16.0. The Morgan fingerprint density at radius 1 is 1.19 bits per heavy atom.